The highest BCUT2D eigenvalue weighted by molar-refractivity contribution is 5.67. The molecule has 2 aromatic rings. The van der Waals surface area contributed by atoms with Crippen molar-refractivity contribution >= 4 is 5.69 Å². The number of nitrogens with one attached hydrogen (secondary N) is 1. The van der Waals surface area contributed by atoms with E-state index in [4.69, 9.17) is 0 Å². The summed E-state index contributed by atoms with van der Waals surface area (Å²) in [4.78, 5) is 6.61. The van der Waals surface area contributed by atoms with Crippen molar-refractivity contribution in [3.8, 4) is 11.1 Å². The maximum absolute atomic E-state index is 12.7. The highest BCUT2D eigenvalue weighted by Crippen LogP contribution is 2.32. The SMILES string of the molecule is FC(F)(F)c1ccc(-c2cncc(N3CC4CNC(C4)C3)c2)cc1. The summed E-state index contributed by atoms with van der Waals surface area (Å²) in [6.45, 7) is 3.02. The molecule has 2 bridgehead atoms. The minimum Gasteiger partial charge on any atom is -0.368 e. The zero-order valence-electron chi connectivity index (χ0n) is 13.1. The monoisotopic (exact) mass is 333 g/mol. The Morgan fingerprint density at radius 1 is 1.04 bits per heavy atom. The van der Waals surface area contributed by atoms with E-state index < -0.39 is 11.7 Å². The molecular weight excluding hydrogens is 315 g/mol. The molecule has 3 heterocycles. The molecule has 1 N–H and O–H groups in total. The first kappa shape index (κ1) is 15.4. The fourth-order valence-electron chi connectivity index (χ4n) is 3.65. The molecule has 2 aliphatic rings. The van der Waals surface area contributed by atoms with Gasteiger partial charge in [-0.15, -0.1) is 0 Å². The molecule has 126 valence electrons. The molecule has 1 aromatic heterocycles. The second kappa shape index (κ2) is 5.77. The van der Waals surface area contributed by atoms with Gasteiger partial charge in [0.2, 0.25) is 0 Å². The van der Waals surface area contributed by atoms with E-state index in [9.17, 15) is 13.2 Å². The number of pyridine rings is 1. The number of benzene rings is 1. The summed E-state index contributed by atoms with van der Waals surface area (Å²) in [7, 11) is 0. The quantitative estimate of drug-likeness (QED) is 0.911. The van der Waals surface area contributed by atoms with E-state index in [2.05, 4.69) is 15.2 Å². The topological polar surface area (TPSA) is 28.2 Å². The number of rotatable bonds is 2. The molecule has 0 saturated carbocycles. The fourth-order valence-corrected chi connectivity index (χ4v) is 3.65. The van der Waals surface area contributed by atoms with E-state index in [0.717, 1.165) is 48.6 Å². The molecule has 0 amide bonds. The molecule has 4 rings (SSSR count). The molecule has 3 nitrogen and oxygen atoms in total. The first-order valence-electron chi connectivity index (χ1n) is 8.10. The van der Waals surface area contributed by atoms with Crippen molar-refractivity contribution in [2.24, 2.45) is 5.92 Å². The second-order valence-corrected chi connectivity index (χ2v) is 6.62. The Bertz CT molecular complexity index is 715. The maximum atomic E-state index is 12.7. The largest absolute Gasteiger partial charge is 0.416 e. The minimum absolute atomic E-state index is 0.526. The number of piperidine rings is 1. The van der Waals surface area contributed by atoms with Crippen LogP contribution in [0.4, 0.5) is 18.9 Å². The molecule has 6 heteroatoms. The number of fused-ring (bicyclic) bond motifs is 2. The van der Waals surface area contributed by atoms with Gasteiger partial charge in [-0.25, -0.2) is 0 Å². The van der Waals surface area contributed by atoms with Gasteiger partial charge in [-0.3, -0.25) is 4.98 Å². The standard InChI is InChI=1S/C18H18F3N3/c19-18(20,21)15-3-1-13(2-4-15)14-6-17(9-22-8-14)24-10-12-5-16(11-24)23-7-12/h1-4,6,8-9,12,16,23H,5,7,10-11H2. The summed E-state index contributed by atoms with van der Waals surface area (Å²) < 4.78 is 38.0. The molecular formula is C18H18F3N3. The number of nitrogens with zero attached hydrogens (tertiary/aromatic N) is 2. The summed E-state index contributed by atoms with van der Waals surface area (Å²) in [5.41, 5.74) is 1.99. The Labute approximate surface area is 138 Å². The van der Waals surface area contributed by atoms with Crippen LogP contribution in [0.2, 0.25) is 0 Å². The van der Waals surface area contributed by atoms with Gasteiger partial charge in [0, 0.05) is 37.4 Å². The lowest BCUT2D eigenvalue weighted by atomic mass is 9.99. The van der Waals surface area contributed by atoms with Crippen molar-refractivity contribution < 1.29 is 13.2 Å². The van der Waals surface area contributed by atoms with E-state index in [0.29, 0.717) is 12.0 Å². The van der Waals surface area contributed by atoms with Crippen LogP contribution in [0.15, 0.2) is 42.7 Å². The third-order valence-corrected chi connectivity index (χ3v) is 4.87. The smallest absolute Gasteiger partial charge is 0.368 e. The van der Waals surface area contributed by atoms with Crippen molar-refractivity contribution in [1.29, 1.82) is 0 Å². The van der Waals surface area contributed by atoms with Crippen LogP contribution in [0, 0.1) is 5.92 Å². The van der Waals surface area contributed by atoms with E-state index in [1.165, 1.54) is 18.6 Å². The summed E-state index contributed by atoms with van der Waals surface area (Å²) in [5.74, 6) is 0.665. The maximum Gasteiger partial charge on any atom is 0.416 e. The summed E-state index contributed by atoms with van der Waals surface area (Å²) in [5, 5.41) is 3.52. The average molecular weight is 333 g/mol. The minimum atomic E-state index is -4.31. The number of aromatic nitrogens is 1. The number of anilines is 1. The van der Waals surface area contributed by atoms with Crippen LogP contribution in [-0.2, 0) is 6.18 Å². The fraction of sp³-hybridized carbons (Fsp3) is 0.389. The lowest BCUT2D eigenvalue weighted by Crippen LogP contribution is -2.41. The van der Waals surface area contributed by atoms with Crippen LogP contribution in [0.5, 0.6) is 0 Å². The Kier molecular flexibility index (Phi) is 3.72. The van der Waals surface area contributed by atoms with E-state index in [1.54, 1.807) is 6.20 Å². The predicted octanol–water partition coefficient (Wildman–Crippen LogP) is 3.57. The Morgan fingerprint density at radius 3 is 2.54 bits per heavy atom. The van der Waals surface area contributed by atoms with E-state index in [-0.39, 0.29) is 0 Å². The van der Waals surface area contributed by atoms with Crippen molar-refractivity contribution in [1.82, 2.24) is 10.3 Å². The van der Waals surface area contributed by atoms with Crippen LogP contribution >= 0.6 is 0 Å². The van der Waals surface area contributed by atoms with E-state index in [1.807, 2.05) is 12.3 Å². The molecule has 0 aliphatic carbocycles. The number of hydrogen-bond acceptors (Lipinski definition) is 3. The van der Waals surface area contributed by atoms with Gasteiger partial charge >= 0.3 is 6.18 Å². The second-order valence-electron chi connectivity index (χ2n) is 6.62. The van der Waals surface area contributed by atoms with Crippen molar-refractivity contribution in [2.75, 3.05) is 24.5 Å². The first-order valence-corrected chi connectivity index (χ1v) is 8.10. The van der Waals surface area contributed by atoms with Crippen LogP contribution < -0.4 is 10.2 Å². The molecule has 0 radical (unpaired) electrons. The summed E-state index contributed by atoms with van der Waals surface area (Å²) >= 11 is 0. The van der Waals surface area contributed by atoms with Gasteiger partial charge in [0.25, 0.3) is 0 Å². The van der Waals surface area contributed by atoms with Crippen molar-refractivity contribution in [3.63, 3.8) is 0 Å². The lowest BCUT2D eigenvalue weighted by Gasteiger charge is -2.32. The van der Waals surface area contributed by atoms with Crippen molar-refractivity contribution in [2.45, 2.75) is 18.6 Å². The molecule has 24 heavy (non-hydrogen) atoms. The van der Waals surface area contributed by atoms with Gasteiger partial charge in [0.05, 0.1) is 17.4 Å². The first-order chi connectivity index (χ1) is 11.5. The van der Waals surface area contributed by atoms with Crippen LogP contribution in [0.1, 0.15) is 12.0 Å². The van der Waals surface area contributed by atoms with Gasteiger partial charge in [-0.2, -0.15) is 13.2 Å². The molecule has 2 fully saturated rings. The summed E-state index contributed by atoms with van der Waals surface area (Å²) in [6.07, 6.45) is 0.447. The Morgan fingerprint density at radius 2 is 1.83 bits per heavy atom. The summed E-state index contributed by atoms with van der Waals surface area (Å²) in [6, 6.07) is 7.79. The predicted molar refractivity (Wildman–Crippen MR) is 86.8 cm³/mol. The van der Waals surface area contributed by atoms with E-state index >= 15 is 0 Å². The zero-order valence-corrected chi connectivity index (χ0v) is 13.1. The normalized spacial score (nSPS) is 23.5. The van der Waals surface area contributed by atoms with Crippen LogP contribution in [0.25, 0.3) is 11.1 Å². The average Bonchev–Trinajstić information content (AvgIpc) is 2.92. The third-order valence-electron chi connectivity index (χ3n) is 4.87. The van der Waals surface area contributed by atoms with Crippen molar-refractivity contribution in [3.05, 3.63) is 48.3 Å². The number of alkyl halides is 3. The highest BCUT2D eigenvalue weighted by atomic mass is 19.4. The van der Waals surface area contributed by atoms with Gasteiger partial charge in [0.1, 0.15) is 0 Å². The van der Waals surface area contributed by atoms with Crippen LogP contribution in [0.3, 0.4) is 0 Å². The van der Waals surface area contributed by atoms with Gasteiger partial charge < -0.3 is 10.2 Å². The molecule has 0 spiro atoms. The van der Waals surface area contributed by atoms with Gasteiger partial charge in [-0.05, 0) is 36.1 Å². The number of hydrogen-bond donors (Lipinski definition) is 1. The molecule has 1 aromatic carbocycles. The molecule has 2 saturated heterocycles. The third kappa shape index (κ3) is 2.98. The zero-order chi connectivity index (χ0) is 16.7. The Hall–Kier alpha value is -2.08. The molecule has 2 aliphatic heterocycles. The number of halogens is 3. The highest BCUT2D eigenvalue weighted by Gasteiger charge is 2.33. The van der Waals surface area contributed by atoms with Gasteiger partial charge in [0.15, 0.2) is 0 Å². The molecule has 2 atom stereocenters. The molecule has 2 unspecified atom stereocenters. The van der Waals surface area contributed by atoms with Crippen LogP contribution in [-0.4, -0.2) is 30.7 Å². The lowest BCUT2D eigenvalue weighted by molar-refractivity contribution is -0.137. The van der Waals surface area contributed by atoms with Gasteiger partial charge in [-0.1, -0.05) is 12.1 Å². The Balaban J connectivity index is 1.58.